The van der Waals surface area contributed by atoms with Crippen LogP contribution in [0.4, 0.5) is 5.69 Å². The van der Waals surface area contributed by atoms with Gasteiger partial charge in [0.2, 0.25) is 5.91 Å². The van der Waals surface area contributed by atoms with Crippen LogP contribution >= 0.6 is 0 Å². The Bertz CT molecular complexity index is 418. The van der Waals surface area contributed by atoms with Gasteiger partial charge in [-0.25, -0.2) is 0 Å². The van der Waals surface area contributed by atoms with Gasteiger partial charge in [-0.3, -0.25) is 14.9 Å². The quantitative estimate of drug-likeness (QED) is 0.712. The van der Waals surface area contributed by atoms with E-state index in [1.54, 1.807) is 6.07 Å². The lowest BCUT2D eigenvalue weighted by Gasteiger charge is -2.10. The highest BCUT2D eigenvalue weighted by Crippen LogP contribution is 2.12. The molecule has 3 N–H and O–H groups in total. The zero-order valence-corrected chi connectivity index (χ0v) is 9.86. The molecule has 0 unspecified atom stereocenters. The number of carbonyl (C=O) groups excluding carboxylic acids is 1. The number of carboxylic acids is 1. The lowest BCUT2D eigenvalue weighted by Crippen LogP contribution is -2.39. The van der Waals surface area contributed by atoms with Crippen molar-refractivity contribution in [3.8, 4) is 0 Å². The van der Waals surface area contributed by atoms with E-state index in [2.05, 4.69) is 10.6 Å². The van der Waals surface area contributed by atoms with Crippen molar-refractivity contribution in [2.75, 3.05) is 11.9 Å². The minimum absolute atomic E-state index is 0.0260. The van der Waals surface area contributed by atoms with Crippen molar-refractivity contribution in [2.45, 2.75) is 19.9 Å². The Morgan fingerprint density at radius 1 is 1.35 bits per heavy atom. The van der Waals surface area contributed by atoms with Gasteiger partial charge in [0.1, 0.15) is 6.04 Å². The third-order valence-corrected chi connectivity index (χ3v) is 2.36. The number of nitrogens with one attached hydrogen (secondary N) is 2. The molecule has 5 heteroatoms. The van der Waals surface area contributed by atoms with Crippen molar-refractivity contribution in [1.29, 1.82) is 0 Å². The summed E-state index contributed by atoms with van der Waals surface area (Å²) in [5.41, 5.74) is 1.70. The first-order valence-corrected chi connectivity index (χ1v) is 5.32. The number of hydrogen-bond donors (Lipinski definition) is 3. The first-order valence-electron chi connectivity index (χ1n) is 5.32. The minimum atomic E-state index is -0.978. The molecule has 1 aromatic rings. The van der Waals surface area contributed by atoms with E-state index in [0.717, 1.165) is 11.3 Å². The number of rotatable bonds is 5. The largest absolute Gasteiger partial charge is 0.480 e. The Morgan fingerprint density at radius 3 is 2.59 bits per heavy atom. The molecule has 0 spiro atoms. The fraction of sp³-hybridized carbons (Fsp3) is 0.333. The van der Waals surface area contributed by atoms with E-state index < -0.39 is 12.0 Å². The molecule has 0 heterocycles. The van der Waals surface area contributed by atoms with Crippen molar-refractivity contribution >= 4 is 17.6 Å². The monoisotopic (exact) mass is 236 g/mol. The van der Waals surface area contributed by atoms with Gasteiger partial charge in [-0.1, -0.05) is 18.2 Å². The second-order valence-corrected chi connectivity index (χ2v) is 3.80. The SMILES string of the molecule is Cc1ccccc1NC(=O)CN[C@@H](C)C(=O)O. The number of amides is 1. The number of para-hydroxylation sites is 1. The summed E-state index contributed by atoms with van der Waals surface area (Å²) < 4.78 is 0. The third kappa shape index (κ3) is 4.24. The van der Waals surface area contributed by atoms with Crippen LogP contribution in [-0.4, -0.2) is 29.6 Å². The molecule has 0 saturated carbocycles. The zero-order chi connectivity index (χ0) is 12.8. The van der Waals surface area contributed by atoms with Gasteiger partial charge < -0.3 is 10.4 Å². The summed E-state index contributed by atoms with van der Waals surface area (Å²) in [5.74, 6) is -1.24. The highest BCUT2D eigenvalue weighted by Gasteiger charge is 2.11. The maximum atomic E-state index is 11.5. The second kappa shape index (κ2) is 6.00. The Hall–Kier alpha value is -1.88. The van der Waals surface area contributed by atoms with E-state index in [9.17, 15) is 9.59 Å². The third-order valence-electron chi connectivity index (χ3n) is 2.36. The van der Waals surface area contributed by atoms with Crippen molar-refractivity contribution in [2.24, 2.45) is 0 Å². The number of benzene rings is 1. The number of anilines is 1. The van der Waals surface area contributed by atoms with Gasteiger partial charge in [0.05, 0.1) is 6.54 Å². The van der Waals surface area contributed by atoms with E-state index in [-0.39, 0.29) is 12.5 Å². The summed E-state index contributed by atoms with van der Waals surface area (Å²) in [4.78, 5) is 22.1. The van der Waals surface area contributed by atoms with Gasteiger partial charge in [-0.05, 0) is 25.5 Å². The molecular weight excluding hydrogens is 220 g/mol. The molecule has 17 heavy (non-hydrogen) atoms. The summed E-state index contributed by atoms with van der Waals surface area (Å²) in [6.45, 7) is 3.36. The van der Waals surface area contributed by atoms with Crippen LogP contribution in [0, 0.1) is 6.92 Å². The lowest BCUT2D eigenvalue weighted by molar-refractivity contribution is -0.139. The molecule has 1 aromatic carbocycles. The standard InChI is InChI=1S/C12H16N2O3/c1-8-5-3-4-6-10(8)14-11(15)7-13-9(2)12(16)17/h3-6,9,13H,7H2,1-2H3,(H,14,15)(H,16,17)/t9-/m0/s1. The molecule has 0 aliphatic carbocycles. The Labute approximate surface area is 99.8 Å². The second-order valence-electron chi connectivity index (χ2n) is 3.80. The molecule has 1 amide bonds. The van der Waals surface area contributed by atoms with Crippen molar-refractivity contribution < 1.29 is 14.7 Å². The molecule has 92 valence electrons. The van der Waals surface area contributed by atoms with Gasteiger partial charge in [0.15, 0.2) is 0 Å². The first kappa shape index (κ1) is 13.2. The lowest BCUT2D eigenvalue weighted by atomic mass is 10.2. The zero-order valence-electron chi connectivity index (χ0n) is 9.86. The molecule has 1 rings (SSSR count). The molecule has 0 aliphatic heterocycles. The van der Waals surface area contributed by atoms with Crippen LogP contribution in [0.5, 0.6) is 0 Å². The topological polar surface area (TPSA) is 78.4 Å². The average molecular weight is 236 g/mol. The summed E-state index contributed by atoms with van der Waals surface area (Å²) in [7, 11) is 0. The van der Waals surface area contributed by atoms with Crippen LogP contribution < -0.4 is 10.6 Å². The van der Waals surface area contributed by atoms with E-state index in [0.29, 0.717) is 0 Å². The maximum absolute atomic E-state index is 11.5. The van der Waals surface area contributed by atoms with E-state index >= 15 is 0 Å². The summed E-state index contributed by atoms with van der Waals surface area (Å²) in [6, 6.07) is 6.67. The number of aliphatic carboxylic acids is 1. The smallest absolute Gasteiger partial charge is 0.320 e. The van der Waals surface area contributed by atoms with Gasteiger partial charge in [-0.2, -0.15) is 0 Å². The predicted octanol–water partition coefficient (Wildman–Crippen LogP) is 0.996. The highest BCUT2D eigenvalue weighted by atomic mass is 16.4. The van der Waals surface area contributed by atoms with E-state index in [1.165, 1.54) is 6.92 Å². The van der Waals surface area contributed by atoms with Crippen LogP contribution in [0.25, 0.3) is 0 Å². The Kier molecular flexibility index (Phi) is 4.66. The Balaban J connectivity index is 2.46. The molecular formula is C12H16N2O3. The number of carbonyl (C=O) groups is 2. The van der Waals surface area contributed by atoms with Gasteiger partial charge in [0, 0.05) is 5.69 Å². The minimum Gasteiger partial charge on any atom is -0.480 e. The Morgan fingerprint density at radius 2 is 2.00 bits per heavy atom. The van der Waals surface area contributed by atoms with Gasteiger partial charge >= 0.3 is 5.97 Å². The van der Waals surface area contributed by atoms with Crippen LogP contribution in [0.1, 0.15) is 12.5 Å². The van der Waals surface area contributed by atoms with Gasteiger partial charge in [-0.15, -0.1) is 0 Å². The average Bonchev–Trinajstić information content (AvgIpc) is 2.29. The predicted molar refractivity (Wildman–Crippen MR) is 64.9 cm³/mol. The fourth-order valence-corrected chi connectivity index (χ4v) is 1.24. The number of carboxylic acid groups (broad SMARTS) is 1. The molecule has 0 aromatic heterocycles. The van der Waals surface area contributed by atoms with Crippen molar-refractivity contribution in [3.63, 3.8) is 0 Å². The molecule has 1 atom stereocenters. The summed E-state index contributed by atoms with van der Waals surface area (Å²) in [6.07, 6.45) is 0. The first-order chi connectivity index (χ1) is 8.00. The maximum Gasteiger partial charge on any atom is 0.320 e. The van der Waals surface area contributed by atoms with E-state index in [4.69, 9.17) is 5.11 Å². The fourth-order valence-electron chi connectivity index (χ4n) is 1.24. The molecule has 0 radical (unpaired) electrons. The van der Waals surface area contributed by atoms with Crippen LogP contribution in [0.15, 0.2) is 24.3 Å². The van der Waals surface area contributed by atoms with Crippen LogP contribution in [-0.2, 0) is 9.59 Å². The summed E-state index contributed by atoms with van der Waals surface area (Å²) in [5, 5.41) is 14.0. The normalized spacial score (nSPS) is 11.9. The number of hydrogen-bond acceptors (Lipinski definition) is 3. The molecule has 0 bridgehead atoms. The van der Waals surface area contributed by atoms with E-state index in [1.807, 2.05) is 25.1 Å². The molecule has 0 aliphatic rings. The van der Waals surface area contributed by atoms with Gasteiger partial charge in [0.25, 0.3) is 0 Å². The van der Waals surface area contributed by atoms with Crippen LogP contribution in [0.3, 0.4) is 0 Å². The van der Waals surface area contributed by atoms with Crippen LogP contribution in [0.2, 0.25) is 0 Å². The van der Waals surface area contributed by atoms with Crippen molar-refractivity contribution in [3.05, 3.63) is 29.8 Å². The molecule has 0 fully saturated rings. The molecule has 5 nitrogen and oxygen atoms in total. The van der Waals surface area contributed by atoms with Crippen molar-refractivity contribution in [1.82, 2.24) is 5.32 Å². The summed E-state index contributed by atoms with van der Waals surface area (Å²) >= 11 is 0. The number of aryl methyl sites for hydroxylation is 1. The molecule has 0 saturated heterocycles. The highest BCUT2D eigenvalue weighted by molar-refractivity contribution is 5.93.